The lowest BCUT2D eigenvalue weighted by atomic mass is 9.95. The molecule has 0 aliphatic rings. The molecular formula is C71H91N9. The maximum atomic E-state index is 4.72. The van der Waals surface area contributed by atoms with E-state index in [2.05, 4.69) is 245 Å². The lowest BCUT2D eigenvalue weighted by molar-refractivity contribution is 0.809. The second-order valence-electron chi connectivity index (χ2n) is 24.3. The van der Waals surface area contributed by atoms with E-state index >= 15 is 0 Å². The second kappa shape index (κ2) is 28.3. The van der Waals surface area contributed by atoms with Crippen LogP contribution < -0.4 is 0 Å². The molecule has 0 N–H and O–H groups in total. The Morgan fingerprint density at radius 3 is 1.15 bits per heavy atom. The standard InChI is InChI=1S/C15H19N.4C14H18N2/c1-10(2)13-9-15(11(3)4)16-14-8-6-5-7-12(13)14;1-9(2)11-7-14(10(3)4)16-13-5-6-15-8-12(11)13;1-9(2)12-7-13(10(3)4)16-14-8-15-6-5-11(12)14;1-9(2)11-8-13(10(3)4)16-12-6-5-7-15-14(11)12;1-9(2)12-8-13(10(3)4)16-14-11(12)6-5-7-15-14/h5-11H,1-4H3;4*5-10H,1-4H3. The van der Waals surface area contributed by atoms with Crippen LogP contribution in [0.1, 0.15) is 254 Å². The number of para-hydroxylation sites is 1. The third kappa shape index (κ3) is 15.8. The lowest BCUT2D eigenvalue weighted by Crippen LogP contribution is -2.00. The Hall–Kier alpha value is -7.13. The van der Waals surface area contributed by atoms with Gasteiger partial charge in [-0.3, -0.25) is 34.9 Å². The molecule has 10 aromatic rings. The van der Waals surface area contributed by atoms with Gasteiger partial charge < -0.3 is 0 Å². The predicted molar refractivity (Wildman–Crippen MR) is 341 cm³/mol. The first kappa shape index (κ1) is 62.1. The second-order valence-corrected chi connectivity index (χ2v) is 24.3. The Kier molecular flexibility index (Phi) is 22.0. The number of rotatable bonds is 10. The molecule has 0 saturated heterocycles. The summed E-state index contributed by atoms with van der Waals surface area (Å²) in [4.78, 5) is 40.5. The van der Waals surface area contributed by atoms with Gasteiger partial charge in [-0.05, 0) is 160 Å². The summed E-state index contributed by atoms with van der Waals surface area (Å²) in [7, 11) is 0. The molecule has 9 nitrogen and oxygen atoms in total. The fourth-order valence-corrected chi connectivity index (χ4v) is 9.51. The highest BCUT2D eigenvalue weighted by molar-refractivity contribution is 5.84. The summed E-state index contributed by atoms with van der Waals surface area (Å²) in [6, 6.07) is 31.7. The van der Waals surface area contributed by atoms with Gasteiger partial charge in [0, 0.05) is 81.0 Å². The van der Waals surface area contributed by atoms with Crippen molar-refractivity contribution in [3.8, 4) is 0 Å². The average molecular weight is 1070 g/mol. The first-order valence-electron chi connectivity index (χ1n) is 29.4. The van der Waals surface area contributed by atoms with Gasteiger partial charge in [0.05, 0.1) is 33.8 Å². The maximum absolute atomic E-state index is 4.72. The van der Waals surface area contributed by atoms with Gasteiger partial charge in [0.1, 0.15) is 0 Å². The zero-order valence-electron chi connectivity index (χ0n) is 51.9. The third-order valence-corrected chi connectivity index (χ3v) is 14.4. The number of pyridine rings is 9. The van der Waals surface area contributed by atoms with E-state index in [9.17, 15) is 0 Å². The van der Waals surface area contributed by atoms with Crippen LogP contribution in [-0.4, -0.2) is 44.9 Å². The van der Waals surface area contributed by atoms with Crippen LogP contribution in [0.4, 0.5) is 0 Å². The quantitative estimate of drug-likeness (QED) is 0.132. The molecule has 0 spiro atoms. The Morgan fingerprint density at radius 1 is 0.263 bits per heavy atom. The predicted octanol–water partition coefficient (Wildman–Crippen LogP) is 20.0. The van der Waals surface area contributed by atoms with Gasteiger partial charge in [-0.1, -0.05) is 157 Å². The summed E-state index contributed by atoms with van der Waals surface area (Å²) in [6.45, 7) is 44.0. The largest absolute Gasteiger partial charge is 0.264 e. The van der Waals surface area contributed by atoms with Crippen LogP contribution in [0.15, 0.2) is 128 Å². The van der Waals surface area contributed by atoms with Crippen LogP contribution in [0.5, 0.6) is 0 Å². The van der Waals surface area contributed by atoms with Gasteiger partial charge in [0.15, 0.2) is 5.65 Å². The van der Waals surface area contributed by atoms with Crippen molar-refractivity contribution in [1.82, 2.24) is 44.9 Å². The molecule has 1 aromatic carbocycles. The van der Waals surface area contributed by atoms with Crippen LogP contribution in [0, 0.1) is 0 Å². The van der Waals surface area contributed by atoms with Crippen molar-refractivity contribution in [3.63, 3.8) is 0 Å². The minimum atomic E-state index is 0.448. The molecule has 9 heterocycles. The minimum Gasteiger partial charge on any atom is -0.264 e. The number of fused-ring (bicyclic) bond motifs is 5. The van der Waals surface area contributed by atoms with E-state index in [1.807, 2.05) is 61.4 Å². The summed E-state index contributed by atoms with van der Waals surface area (Å²) < 4.78 is 0. The average Bonchev–Trinajstić information content (AvgIpc) is 3.46. The van der Waals surface area contributed by atoms with Crippen LogP contribution >= 0.6 is 0 Å². The molecule has 0 aliphatic heterocycles. The van der Waals surface area contributed by atoms with E-state index in [-0.39, 0.29) is 0 Å². The number of aromatic nitrogens is 9. The Balaban J connectivity index is 0.000000161. The minimum absolute atomic E-state index is 0.448. The maximum Gasteiger partial charge on any atom is 0.159 e. The molecule has 420 valence electrons. The summed E-state index contributed by atoms with van der Waals surface area (Å²) in [5.74, 6) is 4.89. The SMILES string of the molecule is CC(C)c1cc(C(C)C)c2ccccc2n1.CC(C)c1cc(C(C)C)c2cccnc2n1.CC(C)c1cc(C(C)C)c2ccncc2n1.CC(C)c1cc(C(C)C)c2cnccc2n1.CC(C)c1cc(C(C)C)c2ncccc2n1. The summed E-state index contributed by atoms with van der Waals surface area (Å²) in [5.41, 5.74) is 18.7. The van der Waals surface area contributed by atoms with Crippen molar-refractivity contribution in [3.05, 3.63) is 184 Å². The molecule has 0 atom stereocenters. The zero-order chi connectivity index (χ0) is 58.5. The fourth-order valence-electron chi connectivity index (χ4n) is 9.51. The molecule has 80 heavy (non-hydrogen) atoms. The van der Waals surface area contributed by atoms with Gasteiger partial charge in [-0.25, -0.2) is 9.97 Å². The molecule has 0 radical (unpaired) electrons. The van der Waals surface area contributed by atoms with Crippen LogP contribution in [0.2, 0.25) is 0 Å². The summed E-state index contributed by atoms with van der Waals surface area (Å²) >= 11 is 0. The monoisotopic (exact) mass is 1070 g/mol. The van der Waals surface area contributed by atoms with E-state index < -0.39 is 0 Å². The van der Waals surface area contributed by atoms with Gasteiger partial charge in [0.25, 0.3) is 0 Å². The number of hydrogen-bond donors (Lipinski definition) is 0. The highest BCUT2D eigenvalue weighted by Crippen LogP contribution is 2.32. The summed E-state index contributed by atoms with van der Waals surface area (Å²) in [5, 5.41) is 4.89. The van der Waals surface area contributed by atoms with E-state index in [0.29, 0.717) is 59.2 Å². The Bertz CT molecular complexity index is 3060. The highest BCUT2D eigenvalue weighted by Gasteiger charge is 2.16. The van der Waals surface area contributed by atoms with Crippen LogP contribution in [0.3, 0.4) is 0 Å². The number of nitrogens with zero attached hydrogens (tertiary/aromatic N) is 9. The number of hydrogen-bond acceptors (Lipinski definition) is 9. The molecule has 9 aromatic heterocycles. The first-order valence-corrected chi connectivity index (χ1v) is 29.4. The molecule has 0 bridgehead atoms. The van der Waals surface area contributed by atoms with Crippen molar-refractivity contribution in [1.29, 1.82) is 0 Å². The molecule has 9 heteroatoms. The smallest absolute Gasteiger partial charge is 0.159 e. The normalized spacial score (nSPS) is 11.6. The third-order valence-electron chi connectivity index (χ3n) is 14.4. The van der Waals surface area contributed by atoms with Gasteiger partial charge >= 0.3 is 0 Å². The van der Waals surface area contributed by atoms with Crippen LogP contribution in [-0.2, 0) is 0 Å². The van der Waals surface area contributed by atoms with Crippen molar-refractivity contribution in [2.45, 2.75) is 198 Å². The zero-order valence-corrected chi connectivity index (χ0v) is 51.9. The van der Waals surface area contributed by atoms with Crippen molar-refractivity contribution in [2.75, 3.05) is 0 Å². The van der Waals surface area contributed by atoms with Crippen molar-refractivity contribution >= 4 is 54.8 Å². The van der Waals surface area contributed by atoms with Gasteiger partial charge in [-0.15, -0.1) is 0 Å². The molecule has 0 fully saturated rings. The molecule has 10 rings (SSSR count). The van der Waals surface area contributed by atoms with Gasteiger partial charge in [-0.2, -0.15) is 0 Å². The molecular weight excluding hydrogens is 979 g/mol. The topological polar surface area (TPSA) is 116 Å². The molecule has 0 saturated carbocycles. The van der Waals surface area contributed by atoms with E-state index in [0.717, 1.165) is 50.3 Å². The van der Waals surface area contributed by atoms with Crippen molar-refractivity contribution in [2.24, 2.45) is 0 Å². The molecule has 0 amide bonds. The van der Waals surface area contributed by atoms with Crippen molar-refractivity contribution < 1.29 is 0 Å². The lowest BCUT2D eigenvalue weighted by Gasteiger charge is -2.13. The highest BCUT2D eigenvalue weighted by atomic mass is 14.8. The number of benzene rings is 1. The van der Waals surface area contributed by atoms with Gasteiger partial charge in [0.2, 0.25) is 0 Å². The van der Waals surface area contributed by atoms with E-state index in [1.165, 1.54) is 60.8 Å². The van der Waals surface area contributed by atoms with Crippen LogP contribution in [0.25, 0.3) is 54.8 Å². The summed E-state index contributed by atoms with van der Waals surface area (Å²) in [6.07, 6.45) is 11.1. The first-order chi connectivity index (χ1) is 38.0. The Labute approximate surface area is 479 Å². The molecule has 0 aliphatic carbocycles. The fraction of sp³-hybridized carbons (Fsp3) is 0.423. The Morgan fingerprint density at radius 2 is 0.625 bits per heavy atom. The van der Waals surface area contributed by atoms with E-state index in [1.54, 1.807) is 0 Å². The van der Waals surface area contributed by atoms with E-state index in [4.69, 9.17) is 4.98 Å². The molecule has 0 unspecified atom stereocenters.